The van der Waals surface area contributed by atoms with Gasteiger partial charge in [0.15, 0.2) is 0 Å². The number of hydrogen-bond donors (Lipinski definition) is 1. The normalized spacial score (nSPS) is 23.9. The summed E-state index contributed by atoms with van der Waals surface area (Å²) in [5, 5.41) is 3.34. The van der Waals surface area contributed by atoms with E-state index in [4.69, 9.17) is 0 Å². The topological polar surface area (TPSA) is 41.6 Å². The van der Waals surface area contributed by atoms with Crippen LogP contribution < -0.4 is 5.32 Å². The number of carbonyl (C=O) groups excluding carboxylic acids is 1. The molecular formula is C11H22N2O2. The Balaban J connectivity index is 2.46. The minimum Gasteiger partial charge on any atom is -0.469 e. The number of ether oxygens (including phenoxy) is 1. The maximum Gasteiger partial charge on any atom is 0.307 e. The van der Waals surface area contributed by atoms with E-state index in [0.717, 1.165) is 19.6 Å². The van der Waals surface area contributed by atoms with Gasteiger partial charge in [0.25, 0.3) is 0 Å². The van der Waals surface area contributed by atoms with Crippen molar-refractivity contribution in [2.45, 2.75) is 38.8 Å². The van der Waals surface area contributed by atoms with E-state index in [1.54, 1.807) is 0 Å². The van der Waals surface area contributed by atoms with Crippen LogP contribution in [0.25, 0.3) is 0 Å². The molecule has 1 atom stereocenters. The number of rotatable bonds is 2. The number of esters is 1. The molecule has 0 bridgehead atoms. The van der Waals surface area contributed by atoms with Gasteiger partial charge in [0.1, 0.15) is 0 Å². The van der Waals surface area contributed by atoms with Crippen LogP contribution in [0.4, 0.5) is 0 Å². The van der Waals surface area contributed by atoms with Crippen LogP contribution in [0.1, 0.15) is 27.2 Å². The van der Waals surface area contributed by atoms with Crippen molar-refractivity contribution in [3.05, 3.63) is 0 Å². The Morgan fingerprint density at radius 3 is 2.73 bits per heavy atom. The fourth-order valence-electron chi connectivity index (χ4n) is 1.86. The second-order valence-electron chi connectivity index (χ2n) is 5.05. The Labute approximate surface area is 92.0 Å². The lowest BCUT2D eigenvalue weighted by Crippen LogP contribution is -2.57. The fourth-order valence-corrected chi connectivity index (χ4v) is 1.86. The molecule has 1 heterocycles. The lowest BCUT2D eigenvalue weighted by atomic mass is 10.0. The van der Waals surface area contributed by atoms with E-state index in [1.807, 2.05) is 0 Å². The highest BCUT2D eigenvalue weighted by atomic mass is 16.5. The van der Waals surface area contributed by atoms with E-state index >= 15 is 0 Å². The van der Waals surface area contributed by atoms with E-state index in [-0.39, 0.29) is 17.6 Å². The number of piperazine rings is 1. The summed E-state index contributed by atoms with van der Waals surface area (Å²) in [6.07, 6.45) is 0.461. The third-order valence-corrected chi connectivity index (χ3v) is 2.84. The van der Waals surface area contributed by atoms with Crippen LogP contribution in [0.5, 0.6) is 0 Å². The first-order chi connectivity index (χ1) is 6.93. The van der Waals surface area contributed by atoms with Crippen molar-refractivity contribution in [2.75, 3.05) is 26.7 Å². The van der Waals surface area contributed by atoms with E-state index < -0.39 is 0 Å². The van der Waals surface area contributed by atoms with Crippen LogP contribution in [-0.2, 0) is 9.53 Å². The van der Waals surface area contributed by atoms with E-state index in [0.29, 0.717) is 6.42 Å². The van der Waals surface area contributed by atoms with Crippen molar-refractivity contribution in [3.8, 4) is 0 Å². The first kappa shape index (κ1) is 12.5. The molecule has 0 aromatic carbocycles. The molecule has 1 fully saturated rings. The van der Waals surface area contributed by atoms with Crippen molar-refractivity contribution in [2.24, 2.45) is 0 Å². The van der Waals surface area contributed by atoms with Crippen molar-refractivity contribution >= 4 is 5.97 Å². The van der Waals surface area contributed by atoms with Gasteiger partial charge in [0, 0.05) is 31.2 Å². The van der Waals surface area contributed by atoms with Crippen LogP contribution in [-0.4, -0.2) is 49.2 Å². The van der Waals surface area contributed by atoms with E-state index in [1.165, 1.54) is 7.11 Å². The Morgan fingerprint density at radius 2 is 2.20 bits per heavy atom. The van der Waals surface area contributed by atoms with E-state index in [2.05, 4.69) is 35.7 Å². The van der Waals surface area contributed by atoms with Gasteiger partial charge in [-0.05, 0) is 20.8 Å². The molecule has 0 saturated carbocycles. The second kappa shape index (κ2) is 4.94. The minimum absolute atomic E-state index is 0.136. The lowest BCUT2D eigenvalue weighted by molar-refractivity contribution is -0.141. The van der Waals surface area contributed by atoms with Gasteiger partial charge in [-0.2, -0.15) is 0 Å². The summed E-state index contributed by atoms with van der Waals surface area (Å²) in [5.41, 5.74) is 0.177. The Kier molecular flexibility index (Phi) is 4.11. The van der Waals surface area contributed by atoms with Crippen LogP contribution in [0.3, 0.4) is 0 Å². The average molecular weight is 214 g/mol. The molecule has 0 radical (unpaired) electrons. The maximum absolute atomic E-state index is 11.2. The highest BCUT2D eigenvalue weighted by molar-refractivity contribution is 5.69. The number of methoxy groups -OCH3 is 1. The van der Waals surface area contributed by atoms with Crippen LogP contribution in [0.15, 0.2) is 0 Å². The van der Waals surface area contributed by atoms with Gasteiger partial charge in [-0.15, -0.1) is 0 Å². The molecule has 4 heteroatoms. The maximum atomic E-state index is 11.2. The van der Waals surface area contributed by atoms with Gasteiger partial charge in [0.05, 0.1) is 13.5 Å². The summed E-state index contributed by atoms with van der Waals surface area (Å²) in [6.45, 7) is 9.51. The molecule has 1 N–H and O–H groups in total. The van der Waals surface area contributed by atoms with E-state index in [9.17, 15) is 4.79 Å². The monoisotopic (exact) mass is 214 g/mol. The van der Waals surface area contributed by atoms with Crippen LogP contribution >= 0.6 is 0 Å². The zero-order valence-corrected chi connectivity index (χ0v) is 10.2. The third-order valence-electron chi connectivity index (χ3n) is 2.84. The number of nitrogens with one attached hydrogen (secondary N) is 1. The smallest absolute Gasteiger partial charge is 0.307 e. The molecule has 1 saturated heterocycles. The van der Waals surface area contributed by atoms with Gasteiger partial charge in [0.2, 0.25) is 0 Å². The Hall–Kier alpha value is -0.610. The van der Waals surface area contributed by atoms with Gasteiger partial charge >= 0.3 is 5.97 Å². The largest absolute Gasteiger partial charge is 0.469 e. The Morgan fingerprint density at radius 1 is 1.53 bits per heavy atom. The number of nitrogens with zero attached hydrogens (tertiary/aromatic N) is 1. The standard InChI is InChI=1S/C11H22N2O2/c1-11(2,3)13-6-5-12-9(8-13)7-10(14)15-4/h9,12H,5-8H2,1-4H3. The van der Waals surface area contributed by atoms with Gasteiger partial charge in [-0.1, -0.05) is 0 Å². The summed E-state index contributed by atoms with van der Waals surface area (Å²) in [4.78, 5) is 13.6. The molecule has 1 aliphatic rings. The third kappa shape index (κ3) is 3.80. The van der Waals surface area contributed by atoms with Gasteiger partial charge in [-0.25, -0.2) is 0 Å². The average Bonchev–Trinajstić information content (AvgIpc) is 2.17. The molecule has 0 aromatic rings. The summed E-state index contributed by atoms with van der Waals surface area (Å²) in [5.74, 6) is -0.136. The van der Waals surface area contributed by atoms with Crippen molar-refractivity contribution in [1.82, 2.24) is 10.2 Å². The predicted octanol–water partition coefficient (Wildman–Crippen LogP) is 0.622. The van der Waals surface area contributed by atoms with Gasteiger partial charge < -0.3 is 10.1 Å². The van der Waals surface area contributed by atoms with Crippen LogP contribution in [0, 0.1) is 0 Å². The molecule has 1 unspecified atom stereocenters. The summed E-state index contributed by atoms with van der Waals surface area (Å²) >= 11 is 0. The highest BCUT2D eigenvalue weighted by Crippen LogP contribution is 2.16. The predicted molar refractivity (Wildman–Crippen MR) is 59.7 cm³/mol. The number of hydrogen-bond acceptors (Lipinski definition) is 4. The molecule has 0 amide bonds. The lowest BCUT2D eigenvalue weighted by Gasteiger charge is -2.41. The highest BCUT2D eigenvalue weighted by Gasteiger charge is 2.28. The molecule has 88 valence electrons. The molecule has 0 aliphatic carbocycles. The first-order valence-electron chi connectivity index (χ1n) is 5.48. The molecule has 0 spiro atoms. The summed E-state index contributed by atoms with van der Waals surface area (Å²) in [7, 11) is 1.44. The summed E-state index contributed by atoms with van der Waals surface area (Å²) in [6, 6.07) is 0.227. The molecule has 0 aromatic heterocycles. The van der Waals surface area contributed by atoms with Crippen molar-refractivity contribution < 1.29 is 9.53 Å². The molecule has 15 heavy (non-hydrogen) atoms. The molecule has 1 rings (SSSR count). The zero-order valence-electron chi connectivity index (χ0n) is 10.2. The van der Waals surface area contributed by atoms with Crippen molar-refractivity contribution in [3.63, 3.8) is 0 Å². The fraction of sp³-hybridized carbons (Fsp3) is 0.909. The molecule has 4 nitrogen and oxygen atoms in total. The molecular weight excluding hydrogens is 192 g/mol. The quantitative estimate of drug-likeness (QED) is 0.684. The molecule has 1 aliphatic heterocycles. The number of carbonyl (C=O) groups is 1. The SMILES string of the molecule is COC(=O)CC1CN(C(C)(C)C)CCN1. The van der Waals surface area contributed by atoms with Crippen LogP contribution in [0.2, 0.25) is 0 Å². The zero-order chi connectivity index (χ0) is 11.5. The minimum atomic E-state index is -0.136. The van der Waals surface area contributed by atoms with Gasteiger partial charge in [-0.3, -0.25) is 9.69 Å². The Bertz CT molecular complexity index is 223. The second-order valence-corrected chi connectivity index (χ2v) is 5.05. The van der Waals surface area contributed by atoms with Crippen molar-refractivity contribution in [1.29, 1.82) is 0 Å². The first-order valence-corrected chi connectivity index (χ1v) is 5.48. The summed E-state index contributed by atoms with van der Waals surface area (Å²) < 4.78 is 4.68.